The molecule has 0 aliphatic carbocycles. The fourth-order valence-corrected chi connectivity index (χ4v) is 1.20. The number of amides is 2. The number of hydrogen-bond acceptors (Lipinski definition) is 6. The van der Waals surface area contributed by atoms with Gasteiger partial charge in [-0.25, -0.2) is 4.79 Å². The van der Waals surface area contributed by atoms with Crippen molar-refractivity contribution in [2.75, 3.05) is 13.2 Å². The summed E-state index contributed by atoms with van der Waals surface area (Å²) in [6, 6.07) is -1.24. The summed E-state index contributed by atoms with van der Waals surface area (Å²) in [6.45, 7) is 14.8. The van der Waals surface area contributed by atoms with Gasteiger partial charge in [-0.15, -0.1) is 0 Å². The number of hydrogen-bond donors (Lipinski definition) is 3. The molecule has 0 saturated heterocycles. The van der Waals surface area contributed by atoms with Crippen LogP contribution in [0.4, 0.5) is 0 Å². The Balaban J connectivity index is 0. The van der Waals surface area contributed by atoms with Gasteiger partial charge in [-0.1, -0.05) is 13.2 Å². The molecular weight excluding hydrogens is 328 g/mol. The van der Waals surface area contributed by atoms with Crippen molar-refractivity contribution in [3.8, 4) is 0 Å². The number of nitrogens with one attached hydrogen (secondary N) is 2. The first kappa shape index (κ1) is 24.8. The Labute approximate surface area is 148 Å². The lowest BCUT2D eigenvalue weighted by Crippen LogP contribution is -2.46. The predicted octanol–water partition coefficient (Wildman–Crippen LogP) is 0.259. The van der Waals surface area contributed by atoms with Crippen LogP contribution in [0.25, 0.3) is 0 Å². The average Bonchev–Trinajstić information content (AvgIpc) is 2.49. The fourth-order valence-electron chi connectivity index (χ4n) is 1.20. The van der Waals surface area contributed by atoms with E-state index in [1.54, 1.807) is 20.8 Å². The molecule has 0 fully saturated rings. The van der Waals surface area contributed by atoms with Gasteiger partial charge >= 0.3 is 5.97 Å². The number of carbonyl (C=O) groups excluding carboxylic acids is 4. The van der Waals surface area contributed by atoms with Gasteiger partial charge in [-0.3, -0.25) is 14.4 Å². The SMILES string of the molecule is C=C(C)C(=O)NC(C(C)=O)C(=O)OCC.C=C(C)C(=O)NCC(C)O. The molecule has 0 radical (unpaired) electrons. The van der Waals surface area contributed by atoms with E-state index in [9.17, 15) is 19.2 Å². The third kappa shape index (κ3) is 12.6. The molecule has 0 rings (SSSR count). The molecule has 2 amide bonds. The van der Waals surface area contributed by atoms with Crippen LogP contribution >= 0.6 is 0 Å². The molecule has 0 aromatic rings. The van der Waals surface area contributed by atoms with Gasteiger partial charge in [0.2, 0.25) is 11.8 Å². The van der Waals surface area contributed by atoms with Gasteiger partial charge in [0.1, 0.15) is 0 Å². The number of aliphatic hydroxyl groups excluding tert-OH is 1. The van der Waals surface area contributed by atoms with Crippen LogP contribution in [0, 0.1) is 0 Å². The number of aliphatic hydroxyl groups is 1. The first-order chi connectivity index (χ1) is 11.4. The highest BCUT2D eigenvalue weighted by Crippen LogP contribution is 1.95. The number of carbonyl (C=O) groups is 4. The van der Waals surface area contributed by atoms with Gasteiger partial charge < -0.3 is 20.5 Å². The maximum absolute atomic E-state index is 11.3. The first-order valence-electron chi connectivity index (χ1n) is 7.69. The topological polar surface area (TPSA) is 122 Å². The quantitative estimate of drug-likeness (QED) is 0.326. The largest absolute Gasteiger partial charge is 0.464 e. The Hall–Kier alpha value is -2.48. The van der Waals surface area contributed by atoms with Gasteiger partial charge in [-0.2, -0.15) is 0 Å². The minimum atomic E-state index is -1.24. The maximum Gasteiger partial charge on any atom is 0.336 e. The van der Waals surface area contributed by atoms with Crippen LogP contribution < -0.4 is 10.6 Å². The van der Waals surface area contributed by atoms with Crippen LogP contribution in [0.2, 0.25) is 0 Å². The van der Waals surface area contributed by atoms with Crippen LogP contribution in [0.15, 0.2) is 24.3 Å². The van der Waals surface area contributed by atoms with E-state index in [0.29, 0.717) is 5.57 Å². The fraction of sp³-hybridized carbons (Fsp3) is 0.529. The predicted molar refractivity (Wildman–Crippen MR) is 93.6 cm³/mol. The lowest BCUT2D eigenvalue weighted by atomic mass is 10.2. The van der Waals surface area contributed by atoms with E-state index in [0.717, 1.165) is 0 Å². The van der Waals surface area contributed by atoms with Gasteiger partial charge in [0, 0.05) is 17.7 Å². The van der Waals surface area contributed by atoms with Crippen LogP contribution in [0.3, 0.4) is 0 Å². The Kier molecular flexibility index (Phi) is 12.8. The van der Waals surface area contributed by atoms with E-state index in [-0.39, 0.29) is 24.6 Å². The first-order valence-corrected chi connectivity index (χ1v) is 7.69. The van der Waals surface area contributed by atoms with Gasteiger partial charge in [0.25, 0.3) is 0 Å². The highest BCUT2D eigenvalue weighted by molar-refractivity contribution is 6.06. The van der Waals surface area contributed by atoms with Crippen molar-refractivity contribution in [2.24, 2.45) is 0 Å². The zero-order valence-electron chi connectivity index (χ0n) is 15.5. The molecule has 0 saturated carbocycles. The summed E-state index contributed by atoms with van der Waals surface area (Å²) in [6.07, 6.45) is -0.497. The third-order valence-corrected chi connectivity index (χ3v) is 2.54. The molecule has 0 heterocycles. The van der Waals surface area contributed by atoms with Crippen molar-refractivity contribution in [1.82, 2.24) is 10.6 Å². The summed E-state index contributed by atoms with van der Waals surface area (Å²) < 4.78 is 4.64. The monoisotopic (exact) mass is 356 g/mol. The van der Waals surface area contributed by atoms with Crippen LogP contribution in [-0.4, -0.2) is 54.0 Å². The molecule has 25 heavy (non-hydrogen) atoms. The summed E-state index contributed by atoms with van der Waals surface area (Å²) in [5.74, 6) is -1.97. The number of rotatable bonds is 8. The van der Waals surface area contributed by atoms with Crippen LogP contribution in [0.1, 0.15) is 34.6 Å². The summed E-state index contributed by atoms with van der Waals surface area (Å²) in [4.78, 5) is 44.2. The number of ketones is 1. The maximum atomic E-state index is 11.3. The standard InChI is InChI=1S/C10H15NO4.C7H13NO2/c1-5-15-10(14)8(7(4)12)11-9(13)6(2)3;1-5(2)7(10)8-4-6(3)9/h8H,2,5H2,1,3-4H3,(H,11,13);6,9H,1,4H2,2-3H3,(H,8,10). The van der Waals surface area contributed by atoms with Crippen molar-refractivity contribution in [3.63, 3.8) is 0 Å². The summed E-state index contributed by atoms with van der Waals surface area (Å²) in [5.41, 5.74) is 0.686. The smallest absolute Gasteiger partial charge is 0.336 e. The molecule has 0 bridgehead atoms. The summed E-state index contributed by atoms with van der Waals surface area (Å²) >= 11 is 0. The van der Waals surface area contributed by atoms with Crippen molar-refractivity contribution >= 4 is 23.6 Å². The summed E-state index contributed by atoms with van der Waals surface area (Å²) in [5, 5.41) is 13.5. The minimum Gasteiger partial charge on any atom is -0.464 e. The van der Waals surface area contributed by atoms with Crippen molar-refractivity contribution in [2.45, 2.75) is 46.8 Å². The number of esters is 1. The van der Waals surface area contributed by atoms with E-state index in [4.69, 9.17) is 5.11 Å². The molecule has 2 unspecified atom stereocenters. The molecular formula is C17H28N2O6. The molecule has 0 aromatic heterocycles. The Morgan fingerprint density at radius 2 is 1.52 bits per heavy atom. The molecule has 8 heteroatoms. The molecule has 3 N–H and O–H groups in total. The summed E-state index contributed by atoms with van der Waals surface area (Å²) in [7, 11) is 0. The van der Waals surface area contributed by atoms with Crippen molar-refractivity contribution in [1.29, 1.82) is 0 Å². The average molecular weight is 356 g/mol. The van der Waals surface area contributed by atoms with Crippen LogP contribution in [-0.2, 0) is 23.9 Å². The lowest BCUT2D eigenvalue weighted by Gasteiger charge is -2.14. The van der Waals surface area contributed by atoms with Crippen LogP contribution in [0.5, 0.6) is 0 Å². The second-order valence-electron chi connectivity index (χ2n) is 5.39. The zero-order valence-corrected chi connectivity index (χ0v) is 15.5. The molecule has 0 aliphatic heterocycles. The third-order valence-electron chi connectivity index (χ3n) is 2.54. The Morgan fingerprint density at radius 3 is 1.84 bits per heavy atom. The molecule has 142 valence electrons. The molecule has 0 aromatic carbocycles. The Bertz CT molecular complexity index is 525. The normalized spacial score (nSPS) is 11.8. The second-order valence-corrected chi connectivity index (χ2v) is 5.39. The van der Waals surface area contributed by atoms with Gasteiger partial charge in [0.05, 0.1) is 12.7 Å². The molecule has 0 aliphatic rings. The van der Waals surface area contributed by atoms with Crippen molar-refractivity contribution < 1.29 is 29.0 Å². The second kappa shape index (κ2) is 12.9. The van der Waals surface area contributed by atoms with Gasteiger partial charge in [-0.05, 0) is 34.6 Å². The Morgan fingerprint density at radius 1 is 1.04 bits per heavy atom. The number of Topliss-reactive ketones (excluding diaryl/α,β-unsaturated/α-hetero) is 1. The lowest BCUT2D eigenvalue weighted by molar-refractivity contribution is -0.149. The highest BCUT2D eigenvalue weighted by atomic mass is 16.5. The van der Waals surface area contributed by atoms with E-state index < -0.39 is 29.8 Å². The van der Waals surface area contributed by atoms with E-state index in [2.05, 4.69) is 28.5 Å². The minimum absolute atomic E-state index is 0.158. The van der Waals surface area contributed by atoms with Crippen molar-refractivity contribution in [3.05, 3.63) is 24.3 Å². The van der Waals surface area contributed by atoms with E-state index >= 15 is 0 Å². The molecule has 0 spiro atoms. The number of ether oxygens (including phenoxy) is 1. The van der Waals surface area contributed by atoms with E-state index in [1.165, 1.54) is 13.8 Å². The molecule has 8 nitrogen and oxygen atoms in total. The van der Waals surface area contributed by atoms with Gasteiger partial charge in [0.15, 0.2) is 11.8 Å². The zero-order chi connectivity index (χ0) is 20.2. The highest BCUT2D eigenvalue weighted by Gasteiger charge is 2.26. The molecule has 2 atom stereocenters. The van der Waals surface area contributed by atoms with E-state index in [1.807, 2.05) is 0 Å².